The molecule has 0 saturated carbocycles. The van der Waals surface area contributed by atoms with Crippen molar-refractivity contribution in [1.82, 2.24) is 10.2 Å². The number of hydrogen-bond donors (Lipinski definition) is 2. The minimum absolute atomic E-state index is 0.0991. The Hall–Kier alpha value is -2.15. The van der Waals surface area contributed by atoms with Gasteiger partial charge in [0.05, 0.1) is 5.69 Å². The Bertz CT molecular complexity index is 690. The number of urea groups is 1. The second kappa shape index (κ2) is 7.82. The number of benzene rings is 1. The third-order valence-electron chi connectivity index (χ3n) is 4.10. The molecule has 1 saturated heterocycles. The predicted molar refractivity (Wildman–Crippen MR) is 92.8 cm³/mol. The average Bonchev–Trinajstić information content (AvgIpc) is 2.76. The van der Waals surface area contributed by atoms with Gasteiger partial charge in [0.1, 0.15) is 17.9 Å². The lowest BCUT2D eigenvalue weighted by Crippen LogP contribution is -2.47. The van der Waals surface area contributed by atoms with E-state index < -0.39 is 35.7 Å². The van der Waals surface area contributed by atoms with Gasteiger partial charge in [0.25, 0.3) is 5.91 Å². The van der Waals surface area contributed by atoms with E-state index in [1.54, 1.807) is 0 Å². The van der Waals surface area contributed by atoms with E-state index >= 15 is 0 Å². The van der Waals surface area contributed by atoms with Crippen LogP contribution < -0.4 is 10.6 Å². The van der Waals surface area contributed by atoms with Crippen molar-refractivity contribution in [1.29, 1.82) is 0 Å². The predicted octanol–water partition coefficient (Wildman–Crippen LogP) is 3.31. The molecule has 6 nitrogen and oxygen atoms in total. The highest BCUT2D eigenvalue weighted by Gasteiger charge is 2.50. The summed E-state index contributed by atoms with van der Waals surface area (Å²) in [5.74, 6) is -1.74. The quantitative estimate of drug-likeness (QED) is 0.724. The van der Waals surface area contributed by atoms with Gasteiger partial charge in [-0.15, -0.1) is 0 Å². The van der Waals surface area contributed by atoms with Crippen LogP contribution in [0.25, 0.3) is 0 Å². The lowest BCUT2D eigenvalue weighted by atomic mass is 9.88. The summed E-state index contributed by atoms with van der Waals surface area (Å²) in [5, 5.41) is 5.32. The number of nitrogens with zero attached hydrogens (tertiary/aromatic N) is 1. The van der Waals surface area contributed by atoms with Gasteiger partial charge in [-0.25, -0.2) is 9.18 Å². The molecule has 1 heterocycles. The van der Waals surface area contributed by atoms with Crippen LogP contribution in [-0.2, 0) is 9.59 Å². The molecule has 1 aromatic carbocycles. The Balaban J connectivity index is 2.11. The Labute approximate surface area is 150 Å². The van der Waals surface area contributed by atoms with Gasteiger partial charge in [0.2, 0.25) is 5.91 Å². The van der Waals surface area contributed by atoms with Crippen LogP contribution >= 0.6 is 11.6 Å². The third kappa shape index (κ3) is 4.10. The zero-order valence-corrected chi connectivity index (χ0v) is 15.0. The van der Waals surface area contributed by atoms with E-state index in [4.69, 9.17) is 11.6 Å². The van der Waals surface area contributed by atoms with Gasteiger partial charge in [-0.1, -0.05) is 38.3 Å². The number of amides is 4. The molecule has 0 atom stereocenters. The lowest BCUT2D eigenvalue weighted by Gasteiger charge is -2.25. The summed E-state index contributed by atoms with van der Waals surface area (Å²) in [6, 6.07) is 3.14. The van der Waals surface area contributed by atoms with Gasteiger partial charge in [-0.2, -0.15) is 0 Å². The van der Waals surface area contributed by atoms with Gasteiger partial charge < -0.3 is 10.6 Å². The molecule has 25 heavy (non-hydrogen) atoms. The summed E-state index contributed by atoms with van der Waals surface area (Å²) in [6.07, 6.45) is 2.46. The molecule has 1 aliphatic heterocycles. The smallest absolute Gasteiger partial charge is 0.323 e. The van der Waals surface area contributed by atoms with Crippen LogP contribution in [0.4, 0.5) is 14.9 Å². The van der Waals surface area contributed by atoms with Crippen molar-refractivity contribution in [3.8, 4) is 0 Å². The van der Waals surface area contributed by atoms with Crippen LogP contribution in [0.5, 0.6) is 0 Å². The number of imide groups is 1. The molecule has 1 aromatic rings. The molecule has 4 amide bonds. The largest absolute Gasteiger partial charge is 0.325 e. The molecule has 0 unspecified atom stereocenters. The van der Waals surface area contributed by atoms with Gasteiger partial charge in [-0.3, -0.25) is 14.5 Å². The molecule has 0 bridgehead atoms. The molecule has 136 valence electrons. The fourth-order valence-corrected chi connectivity index (χ4v) is 3.24. The Morgan fingerprint density at radius 3 is 2.52 bits per heavy atom. The number of hydrogen-bond acceptors (Lipinski definition) is 3. The highest BCUT2D eigenvalue weighted by Crippen LogP contribution is 2.28. The SMILES string of the molecule is CCCC1(CCC)NC(=O)N(CC(=O)Nc2cc(Cl)ccc2F)C1=O. The minimum atomic E-state index is -0.956. The first-order valence-corrected chi connectivity index (χ1v) is 8.59. The first-order chi connectivity index (χ1) is 11.8. The van der Waals surface area contributed by atoms with Crippen molar-refractivity contribution in [2.75, 3.05) is 11.9 Å². The van der Waals surface area contributed by atoms with Crippen molar-refractivity contribution in [2.24, 2.45) is 0 Å². The van der Waals surface area contributed by atoms with Crippen molar-refractivity contribution >= 4 is 35.1 Å². The second-order valence-electron chi connectivity index (χ2n) is 6.08. The molecule has 1 fully saturated rings. The van der Waals surface area contributed by atoms with Crippen LogP contribution in [0.3, 0.4) is 0 Å². The maximum atomic E-state index is 13.7. The first-order valence-electron chi connectivity index (χ1n) is 8.22. The molecule has 0 aliphatic carbocycles. The average molecular weight is 370 g/mol. The van der Waals surface area contributed by atoms with Gasteiger partial charge in [0.15, 0.2) is 0 Å². The lowest BCUT2D eigenvalue weighted by molar-refractivity contribution is -0.134. The number of carbonyl (C=O) groups excluding carboxylic acids is 3. The van der Waals surface area contributed by atoms with Gasteiger partial charge >= 0.3 is 6.03 Å². The normalized spacial score (nSPS) is 16.1. The van der Waals surface area contributed by atoms with Crippen LogP contribution in [0.15, 0.2) is 18.2 Å². The number of anilines is 1. The molecule has 8 heteroatoms. The fraction of sp³-hybridized carbons (Fsp3) is 0.471. The zero-order valence-electron chi connectivity index (χ0n) is 14.2. The highest BCUT2D eigenvalue weighted by molar-refractivity contribution is 6.30. The molecular formula is C17H21ClFN3O3. The molecule has 0 spiro atoms. The highest BCUT2D eigenvalue weighted by atomic mass is 35.5. The van der Waals surface area contributed by atoms with Crippen molar-refractivity contribution in [3.05, 3.63) is 29.0 Å². The van der Waals surface area contributed by atoms with Crippen LogP contribution in [0.1, 0.15) is 39.5 Å². The first kappa shape index (κ1) is 19.2. The third-order valence-corrected chi connectivity index (χ3v) is 4.34. The molecule has 0 aromatic heterocycles. The summed E-state index contributed by atoms with van der Waals surface area (Å²) in [5.41, 5.74) is -1.06. The molecule has 2 N–H and O–H groups in total. The zero-order chi connectivity index (χ0) is 18.6. The van der Waals surface area contributed by atoms with Crippen LogP contribution in [-0.4, -0.2) is 34.8 Å². The Kier molecular flexibility index (Phi) is 6.00. The Morgan fingerprint density at radius 2 is 1.92 bits per heavy atom. The summed E-state index contributed by atoms with van der Waals surface area (Å²) in [4.78, 5) is 37.9. The van der Waals surface area contributed by atoms with Crippen molar-refractivity contribution < 1.29 is 18.8 Å². The summed E-state index contributed by atoms with van der Waals surface area (Å²) >= 11 is 5.78. The summed E-state index contributed by atoms with van der Waals surface area (Å²) in [7, 11) is 0. The van der Waals surface area contributed by atoms with E-state index in [-0.39, 0.29) is 10.7 Å². The monoisotopic (exact) mass is 369 g/mol. The Morgan fingerprint density at radius 1 is 1.28 bits per heavy atom. The van der Waals surface area contributed by atoms with Crippen molar-refractivity contribution in [3.63, 3.8) is 0 Å². The molecule has 0 radical (unpaired) electrons. The van der Waals surface area contributed by atoms with E-state index in [9.17, 15) is 18.8 Å². The standard InChI is InChI=1S/C17H21ClFN3O3/c1-3-7-17(8-4-2)15(24)22(16(25)21-17)10-14(23)20-13-9-11(18)5-6-12(13)19/h5-6,9H,3-4,7-8,10H2,1-2H3,(H,20,23)(H,21,25). The molecular weight excluding hydrogens is 349 g/mol. The summed E-state index contributed by atoms with van der Waals surface area (Å²) in [6.45, 7) is 3.37. The van der Waals surface area contributed by atoms with Gasteiger partial charge in [-0.05, 0) is 31.0 Å². The number of nitrogens with one attached hydrogen (secondary N) is 2. The van der Waals surface area contributed by atoms with Crippen LogP contribution in [0, 0.1) is 5.82 Å². The number of rotatable bonds is 7. The van der Waals surface area contributed by atoms with E-state index in [0.717, 1.165) is 23.8 Å². The topological polar surface area (TPSA) is 78.5 Å². The second-order valence-corrected chi connectivity index (χ2v) is 6.51. The number of halogens is 2. The van der Waals surface area contributed by atoms with E-state index in [1.807, 2.05) is 13.8 Å². The molecule has 2 rings (SSSR count). The van der Waals surface area contributed by atoms with Gasteiger partial charge in [0, 0.05) is 5.02 Å². The van der Waals surface area contributed by atoms with E-state index in [0.29, 0.717) is 12.8 Å². The fourth-order valence-electron chi connectivity index (χ4n) is 3.06. The minimum Gasteiger partial charge on any atom is -0.323 e. The van der Waals surface area contributed by atoms with Crippen LogP contribution in [0.2, 0.25) is 5.02 Å². The maximum Gasteiger partial charge on any atom is 0.325 e. The molecule has 1 aliphatic rings. The van der Waals surface area contributed by atoms with Crippen molar-refractivity contribution in [2.45, 2.75) is 45.1 Å². The summed E-state index contributed by atoms with van der Waals surface area (Å²) < 4.78 is 13.7. The maximum absolute atomic E-state index is 13.7. The van der Waals surface area contributed by atoms with E-state index in [2.05, 4.69) is 10.6 Å². The number of carbonyl (C=O) groups is 3. The van der Waals surface area contributed by atoms with E-state index in [1.165, 1.54) is 12.1 Å².